The summed E-state index contributed by atoms with van der Waals surface area (Å²) in [5, 5.41) is 3.48. The third-order valence-electron chi connectivity index (χ3n) is 3.07. The molecule has 0 bridgehead atoms. The molecular formula is C15H15Br2N. The lowest BCUT2D eigenvalue weighted by Crippen LogP contribution is -2.01. The molecule has 0 saturated carbocycles. The van der Waals surface area contributed by atoms with Crippen LogP contribution in [0.15, 0.2) is 45.3 Å². The summed E-state index contributed by atoms with van der Waals surface area (Å²) in [4.78, 5) is 0. The van der Waals surface area contributed by atoms with E-state index in [2.05, 4.69) is 87.4 Å². The Morgan fingerprint density at radius 3 is 2.50 bits per heavy atom. The number of halogens is 2. The van der Waals surface area contributed by atoms with Gasteiger partial charge in [0.25, 0.3) is 0 Å². The average molecular weight is 369 g/mol. The first-order chi connectivity index (χ1) is 8.58. The van der Waals surface area contributed by atoms with Crippen molar-refractivity contribution in [3.8, 4) is 0 Å². The third-order valence-corrected chi connectivity index (χ3v) is 4.95. The van der Waals surface area contributed by atoms with Gasteiger partial charge in [0, 0.05) is 21.2 Å². The highest BCUT2D eigenvalue weighted by Gasteiger charge is 2.02. The summed E-state index contributed by atoms with van der Waals surface area (Å²) in [6.07, 6.45) is 0. The molecule has 0 amide bonds. The van der Waals surface area contributed by atoms with Crippen molar-refractivity contribution in [2.75, 3.05) is 5.32 Å². The van der Waals surface area contributed by atoms with Crippen molar-refractivity contribution in [3.63, 3.8) is 0 Å². The van der Waals surface area contributed by atoms with E-state index < -0.39 is 0 Å². The second-order valence-corrected chi connectivity index (χ2v) is 6.06. The summed E-state index contributed by atoms with van der Waals surface area (Å²) in [5.74, 6) is 0. The predicted molar refractivity (Wildman–Crippen MR) is 85.1 cm³/mol. The predicted octanol–water partition coefficient (Wildman–Crippen LogP) is 5.44. The number of hydrogen-bond donors (Lipinski definition) is 1. The van der Waals surface area contributed by atoms with Crippen molar-refractivity contribution in [2.45, 2.75) is 20.4 Å². The lowest BCUT2D eigenvalue weighted by atomic mass is 10.1. The van der Waals surface area contributed by atoms with E-state index in [1.54, 1.807) is 0 Å². The molecule has 1 N–H and O–H groups in total. The van der Waals surface area contributed by atoms with Crippen LogP contribution in [-0.4, -0.2) is 0 Å². The molecule has 0 unspecified atom stereocenters. The molecule has 0 radical (unpaired) electrons. The van der Waals surface area contributed by atoms with Crippen LogP contribution in [0.5, 0.6) is 0 Å². The van der Waals surface area contributed by atoms with Crippen molar-refractivity contribution in [2.24, 2.45) is 0 Å². The number of hydrogen-bond acceptors (Lipinski definition) is 1. The molecule has 0 saturated heterocycles. The van der Waals surface area contributed by atoms with Crippen LogP contribution in [-0.2, 0) is 6.54 Å². The van der Waals surface area contributed by atoms with Crippen molar-refractivity contribution < 1.29 is 0 Å². The summed E-state index contributed by atoms with van der Waals surface area (Å²) >= 11 is 7.00. The van der Waals surface area contributed by atoms with E-state index >= 15 is 0 Å². The minimum absolute atomic E-state index is 0.830. The Kier molecular flexibility index (Phi) is 4.46. The molecule has 0 atom stereocenters. The Labute approximate surface area is 125 Å². The molecule has 0 heterocycles. The molecule has 0 spiro atoms. The summed E-state index contributed by atoms with van der Waals surface area (Å²) < 4.78 is 2.17. The van der Waals surface area contributed by atoms with Gasteiger partial charge in [0.1, 0.15) is 0 Å². The molecule has 1 nitrogen and oxygen atoms in total. The van der Waals surface area contributed by atoms with E-state index in [1.807, 2.05) is 0 Å². The first-order valence-corrected chi connectivity index (χ1v) is 7.40. The minimum atomic E-state index is 0.830. The van der Waals surface area contributed by atoms with Crippen LogP contribution in [0.3, 0.4) is 0 Å². The first kappa shape index (κ1) is 13.6. The van der Waals surface area contributed by atoms with Crippen LogP contribution < -0.4 is 5.32 Å². The van der Waals surface area contributed by atoms with Gasteiger partial charge in [0.15, 0.2) is 0 Å². The molecule has 0 aliphatic carbocycles. The molecule has 3 heteroatoms. The van der Waals surface area contributed by atoms with E-state index in [0.717, 1.165) is 15.5 Å². The summed E-state index contributed by atoms with van der Waals surface area (Å²) in [6, 6.07) is 12.6. The van der Waals surface area contributed by atoms with Crippen molar-refractivity contribution in [1.29, 1.82) is 0 Å². The minimum Gasteiger partial charge on any atom is -0.381 e. The Balaban J connectivity index is 2.11. The lowest BCUT2D eigenvalue weighted by molar-refractivity contribution is 1.13. The summed E-state index contributed by atoms with van der Waals surface area (Å²) in [7, 11) is 0. The number of anilines is 1. The largest absolute Gasteiger partial charge is 0.381 e. The highest BCUT2D eigenvalue weighted by molar-refractivity contribution is 9.13. The zero-order valence-corrected chi connectivity index (χ0v) is 13.6. The Hall–Kier alpha value is -0.800. The van der Waals surface area contributed by atoms with Crippen LogP contribution in [0.2, 0.25) is 0 Å². The van der Waals surface area contributed by atoms with Gasteiger partial charge in [-0.05, 0) is 80.6 Å². The molecule has 94 valence electrons. The topological polar surface area (TPSA) is 12.0 Å². The van der Waals surface area contributed by atoms with Crippen molar-refractivity contribution in [3.05, 3.63) is 62.0 Å². The van der Waals surface area contributed by atoms with E-state index in [0.29, 0.717) is 0 Å². The Morgan fingerprint density at radius 1 is 1.00 bits per heavy atom. The number of nitrogens with one attached hydrogen (secondary N) is 1. The van der Waals surface area contributed by atoms with Gasteiger partial charge in [-0.15, -0.1) is 0 Å². The second kappa shape index (κ2) is 5.89. The molecule has 2 rings (SSSR count). The standard InChI is InChI=1S/C15H15Br2N/c1-10-4-3-5-15(11(10)2)18-9-12-6-7-13(16)14(17)8-12/h3-8,18H,9H2,1-2H3. The first-order valence-electron chi connectivity index (χ1n) is 5.82. The van der Waals surface area contributed by atoms with E-state index in [4.69, 9.17) is 0 Å². The van der Waals surface area contributed by atoms with Gasteiger partial charge in [0.2, 0.25) is 0 Å². The molecule has 2 aromatic carbocycles. The maximum atomic E-state index is 3.52. The molecule has 18 heavy (non-hydrogen) atoms. The maximum absolute atomic E-state index is 3.52. The molecule has 2 aromatic rings. The van der Waals surface area contributed by atoms with Crippen LogP contribution in [0.25, 0.3) is 0 Å². The number of rotatable bonds is 3. The van der Waals surface area contributed by atoms with Gasteiger partial charge in [-0.2, -0.15) is 0 Å². The van der Waals surface area contributed by atoms with Crippen LogP contribution in [0.4, 0.5) is 5.69 Å². The van der Waals surface area contributed by atoms with E-state index in [1.165, 1.54) is 22.4 Å². The number of benzene rings is 2. The van der Waals surface area contributed by atoms with E-state index in [-0.39, 0.29) is 0 Å². The molecule has 0 fully saturated rings. The molecular weight excluding hydrogens is 354 g/mol. The van der Waals surface area contributed by atoms with Gasteiger partial charge < -0.3 is 5.32 Å². The average Bonchev–Trinajstić information content (AvgIpc) is 2.35. The quantitative estimate of drug-likeness (QED) is 0.760. The van der Waals surface area contributed by atoms with Crippen molar-refractivity contribution in [1.82, 2.24) is 0 Å². The number of aryl methyl sites for hydroxylation is 1. The lowest BCUT2D eigenvalue weighted by Gasteiger charge is -2.12. The monoisotopic (exact) mass is 367 g/mol. The third kappa shape index (κ3) is 3.15. The second-order valence-electron chi connectivity index (χ2n) is 4.35. The zero-order chi connectivity index (χ0) is 13.1. The Morgan fingerprint density at radius 2 is 1.78 bits per heavy atom. The maximum Gasteiger partial charge on any atom is 0.0401 e. The van der Waals surface area contributed by atoms with Crippen LogP contribution in [0.1, 0.15) is 16.7 Å². The zero-order valence-electron chi connectivity index (χ0n) is 10.4. The van der Waals surface area contributed by atoms with Crippen LogP contribution >= 0.6 is 31.9 Å². The van der Waals surface area contributed by atoms with Crippen LogP contribution in [0, 0.1) is 13.8 Å². The van der Waals surface area contributed by atoms with Gasteiger partial charge in [-0.1, -0.05) is 18.2 Å². The highest BCUT2D eigenvalue weighted by atomic mass is 79.9. The molecule has 0 aliphatic rings. The van der Waals surface area contributed by atoms with Gasteiger partial charge >= 0.3 is 0 Å². The SMILES string of the molecule is Cc1cccc(NCc2ccc(Br)c(Br)c2)c1C. The van der Waals surface area contributed by atoms with Crippen molar-refractivity contribution >= 4 is 37.5 Å². The highest BCUT2D eigenvalue weighted by Crippen LogP contribution is 2.25. The molecule has 0 aromatic heterocycles. The van der Waals surface area contributed by atoms with Gasteiger partial charge in [0.05, 0.1) is 0 Å². The fourth-order valence-electron chi connectivity index (χ4n) is 1.79. The smallest absolute Gasteiger partial charge is 0.0401 e. The molecule has 0 aliphatic heterocycles. The fraction of sp³-hybridized carbons (Fsp3) is 0.200. The summed E-state index contributed by atoms with van der Waals surface area (Å²) in [5.41, 5.74) is 5.09. The van der Waals surface area contributed by atoms with Gasteiger partial charge in [-0.3, -0.25) is 0 Å². The fourth-order valence-corrected chi connectivity index (χ4v) is 2.46. The Bertz CT molecular complexity index is 564. The van der Waals surface area contributed by atoms with Gasteiger partial charge in [-0.25, -0.2) is 0 Å². The normalized spacial score (nSPS) is 10.4. The summed E-state index contributed by atoms with van der Waals surface area (Å²) in [6.45, 7) is 5.11. The van der Waals surface area contributed by atoms with E-state index in [9.17, 15) is 0 Å².